The van der Waals surface area contributed by atoms with E-state index in [2.05, 4.69) is 0 Å². The number of unbranched alkanes of at least 4 members (excludes halogenated alkanes) is 1. The molecule has 2 heteroatoms. The van der Waals surface area contributed by atoms with Gasteiger partial charge in [-0.15, -0.1) is 0 Å². The van der Waals surface area contributed by atoms with Crippen LogP contribution >= 0.6 is 0 Å². The van der Waals surface area contributed by atoms with Crippen LogP contribution in [0.1, 0.15) is 82.1 Å². The highest BCUT2D eigenvalue weighted by atomic mass is 19.1. The van der Waals surface area contributed by atoms with Crippen molar-refractivity contribution in [3.05, 3.63) is 48.1 Å². The third-order valence-electron chi connectivity index (χ3n) is 6.74. The molecule has 0 N–H and O–H groups in total. The van der Waals surface area contributed by atoms with Gasteiger partial charge in [0, 0.05) is 0 Å². The molecule has 25 heavy (non-hydrogen) atoms. The van der Waals surface area contributed by atoms with Gasteiger partial charge in [0.15, 0.2) is 0 Å². The van der Waals surface area contributed by atoms with Gasteiger partial charge in [-0.05, 0) is 92.7 Å². The predicted octanol–water partition coefficient (Wildman–Crippen LogP) is 7.56. The van der Waals surface area contributed by atoms with Crippen LogP contribution in [0.3, 0.4) is 0 Å². The zero-order chi connectivity index (χ0) is 17.5. The van der Waals surface area contributed by atoms with Crippen molar-refractivity contribution in [3.63, 3.8) is 0 Å². The standard InChI is InChI=1S/C23H32F2/c24-17-3-1-2-4-18-5-7-19(8-6-18)20-9-11-21(12-10-20)22-13-15-23(25)16-14-22/h3,13-21H,1-2,4-12H2. The first-order valence-corrected chi connectivity index (χ1v) is 10.3. The van der Waals surface area contributed by atoms with Crippen molar-refractivity contribution < 1.29 is 8.78 Å². The minimum absolute atomic E-state index is 0.130. The number of benzene rings is 1. The first kappa shape index (κ1) is 18.6. The van der Waals surface area contributed by atoms with Gasteiger partial charge >= 0.3 is 0 Å². The molecular formula is C23H32F2. The Kier molecular flexibility index (Phi) is 7.07. The summed E-state index contributed by atoms with van der Waals surface area (Å²) < 4.78 is 25.1. The molecule has 2 aliphatic rings. The molecule has 0 unspecified atom stereocenters. The van der Waals surface area contributed by atoms with Crippen LogP contribution in [0.15, 0.2) is 36.7 Å². The molecule has 0 aliphatic heterocycles. The largest absolute Gasteiger partial charge is 0.216 e. The molecule has 2 saturated carbocycles. The first-order valence-electron chi connectivity index (χ1n) is 10.3. The fraction of sp³-hybridized carbons (Fsp3) is 0.652. The molecule has 0 saturated heterocycles. The molecule has 3 rings (SSSR count). The van der Waals surface area contributed by atoms with E-state index in [9.17, 15) is 8.78 Å². The average Bonchev–Trinajstić information content (AvgIpc) is 2.67. The molecule has 0 radical (unpaired) electrons. The molecule has 0 nitrogen and oxygen atoms in total. The van der Waals surface area contributed by atoms with Crippen LogP contribution in [0.5, 0.6) is 0 Å². The van der Waals surface area contributed by atoms with Gasteiger partial charge in [0.1, 0.15) is 5.82 Å². The zero-order valence-corrected chi connectivity index (χ0v) is 15.3. The topological polar surface area (TPSA) is 0 Å². The van der Waals surface area contributed by atoms with E-state index in [4.69, 9.17) is 0 Å². The summed E-state index contributed by atoms with van der Waals surface area (Å²) in [4.78, 5) is 0. The number of allylic oxidation sites excluding steroid dienone is 1. The van der Waals surface area contributed by atoms with E-state index in [0.717, 1.165) is 30.6 Å². The lowest BCUT2D eigenvalue weighted by Gasteiger charge is -2.38. The maximum absolute atomic E-state index is 13.1. The third kappa shape index (κ3) is 5.39. The van der Waals surface area contributed by atoms with Crippen molar-refractivity contribution in [1.29, 1.82) is 0 Å². The van der Waals surface area contributed by atoms with Crippen LogP contribution in [0, 0.1) is 23.6 Å². The van der Waals surface area contributed by atoms with Crippen LogP contribution in [0.2, 0.25) is 0 Å². The molecule has 2 aliphatic carbocycles. The van der Waals surface area contributed by atoms with E-state index in [1.165, 1.54) is 63.4 Å². The molecule has 0 heterocycles. The molecule has 1 aromatic rings. The van der Waals surface area contributed by atoms with Crippen molar-refractivity contribution in [2.24, 2.45) is 17.8 Å². The second-order valence-corrected chi connectivity index (χ2v) is 8.24. The van der Waals surface area contributed by atoms with E-state index in [-0.39, 0.29) is 5.82 Å². The van der Waals surface area contributed by atoms with Gasteiger partial charge in [-0.3, -0.25) is 0 Å². The highest BCUT2D eigenvalue weighted by Crippen LogP contribution is 2.44. The molecule has 138 valence electrons. The van der Waals surface area contributed by atoms with E-state index >= 15 is 0 Å². The zero-order valence-electron chi connectivity index (χ0n) is 15.3. The third-order valence-corrected chi connectivity index (χ3v) is 6.74. The van der Waals surface area contributed by atoms with Crippen molar-refractivity contribution in [2.45, 2.75) is 76.5 Å². The lowest BCUT2D eigenvalue weighted by Crippen LogP contribution is -2.25. The summed E-state index contributed by atoms with van der Waals surface area (Å²) in [7, 11) is 0. The van der Waals surface area contributed by atoms with Gasteiger partial charge in [-0.25, -0.2) is 8.78 Å². The summed E-state index contributed by atoms with van der Waals surface area (Å²) in [6.45, 7) is 0. The molecular weight excluding hydrogens is 314 g/mol. The van der Waals surface area contributed by atoms with Crippen LogP contribution < -0.4 is 0 Å². The summed E-state index contributed by atoms with van der Waals surface area (Å²) >= 11 is 0. The van der Waals surface area contributed by atoms with E-state index in [0.29, 0.717) is 12.2 Å². The Hall–Kier alpha value is -1.18. The average molecular weight is 347 g/mol. The van der Waals surface area contributed by atoms with Crippen molar-refractivity contribution in [2.75, 3.05) is 0 Å². The van der Waals surface area contributed by atoms with Crippen LogP contribution in [-0.2, 0) is 0 Å². The maximum atomic E-state index is 13.1. The second kappa shape index (κ2) is 9.50. The number of hydrogen-bond acceptors (Lipinski definition) is 0. The van der Waals surface area contributed by atoms with Crippen molar-refractivity contribution in [3.8, 4) is 0 Å². The lowest BCUT2D eigenvalue weighted by atomic mass is 9.68. The predicted molar refractivity (Wildman–Crippen MR) is 101 cm³/mol. The summed E-state index contributed by atoms with van der Waals surface area (Å²) in [5.74, 6) is 3.22. The van der Waals surface area contributed by atoms with Gasteiger partial charge in [-0.1, -0.05) is 37.5 Å². The molecule has 0 atom stereocenters. The van der Waals surface area contributed by atoms with Gasteiger partial charge in [0.2, 0.25) is 0 Å². The Labute approximate surface area is 151 Å². The Morgan fingerprint density at radius 3 is 2.04 bits per heavy atom. The van der Waals surface area contributed by atoms with Crippen LogP contribution in [0.25, 0.3) is 0 Å². The molecule has 0 spiro atoms. The highest BCUT2D eigenvalue weighted by molar-refractivity contribution is 5.20. The fourth-order valence-electron chi connectivity index (χ4n) is 5.19. The summed E-state index contributed by atoms with van der Waals surface area (Å²) in [6, 6.07) is 7.16. The first-order chi connectivity index (χ1) is 12.3. The van der Waals surface area contributed by atoms with E-state index in [1.54, 1.807) is 18.2 Å². The monoisotopic (exact) mass is 346 g/mol. The van der Waals surface area contributed by atoms with E-state index < -0.39 is 0 Å². The van der Waals surface area contributed by atoms with Crippen molar-refractivity contribution >= 4 is 0 Å². The Morgan fingerprint density at radius 1 is 0.840 bits per heavy atom. The fourth-order valence-corrected chi connectivity index (χ4v) is 5.19. The summed E-state index contributed by atoms with van der Waals surface area (Å²) in [5.41, 5.74) is 1.32. The van der Waals surface area contributed by atoms with E-state index in [1.807, 2.05) is 12.1 Å². The quantitative estimate of drug-likeness (QED) is 0.466. The van der Waals surface area contributed by atoms with Gasteiger partial charge in [0.05, 0.1) is 6.33 Å². The molecule has 0 bridgehead atoms. The van der Waals surface area contributed by atoms with Gasteiger partial charge < -0.3 is 0 Å². The second-order valence-electron chi connectivity index (χ2n) is 8.24. The minimum Gasteiger partial charge on any atom is -0.216 e. The number of rotatable bonds is 6. The number of hydrogen-bond donors (Lipinski definition) is 0. The normalized spacial score (nSPS) is 30.6. The molecule has 2 fully saturated rings. The Balaban J connectivity index is 1.38. The molecule has 0 amide bonds. The minimum atomic E-state index is -0.130. The molecule has 0 aromatic heterocycles. The smallest absolute Gasteiger partial charge is 0.123 e. The van der Waals surface area contributed by atoms with Crippen molar-refractivity contribution in [1.82, 2.24) is 0 Å². The SMILES string of the molecule is FC=CCCCC1CCC(C2CCC(c3ccc(F)cc3)CC2)CC1. The number of halogens is 2. The Morgan fingerprint density at radius 2 is 1.44 bits per heavy atom. The Bertz CT molecular complexity index is 518. The maximum Gasteiger partial charge on any atom is 0.123 e. The highest BCUT2D eigenvalue weighted by Gasteiger charge is 2.31. The van der Waals surface area contributed by atoms with Crippen LogP contribution in [-0.4, -0.2) is 0 Å². The summed E-state index contributed by atoms with van der Waals surface area (Å²) in [6.07, 6.45) is 16.4. The van der Waals surface area contributed by atoms with Crippen LogP contribution in [0.4, 0.5) is 8.78 Å². The van der Waals surface area contributed by atoms with Gasteiger partial charge in [0.25, 0.3) is 0 Å². The van der Waals surface area contributed by atoms with Gasteiger partial charge in [-0.2, -0.15) is 0 Å². The lowest BCUT2D eigenvalue weighted by molar-refractivity contribution is 0.156. The molecule has 1 aromatic carbocycles. The summed E-state index contributed by atoms with van der Waals surface area (Å²) in [5, 5.41) is 0.